The third-order valence-electron chi connectivity index (χ3n) is 3.11. The van der Waals surface area contributed by atoms with Crippen molar-refractivity contribution >= 4 is 0 Å². The highest BCUT2D eigenvalue weighted by molar-refractivity contribution is 4.64. The van der Waals surface area contributed by atoms with Crippen LogP contribution in [0.15, 0.2) is 0 Å². The van der Waals surface area contributed by atoms with E-state index in [9.17, 15) is 0 Å². The molecule has 0 aromatic rings. The number of methoxy groups -OCH3 is 1. The van der Waals surface area contributed by atoms with Crippen molar-refractivity contribution in [1.82, 2.24) is 4.90 Å². The van der Waals surface area contributed by atoms with Crippen LogP contribution in [0.25, 0.3) is 0 Å². The highest BCUT2D eigenvalue weighted by Gasteiger charge is 2.09. The third kappa shape index (κ3) is 8.08. The van der Waals surface area contributed by atoms with Gasteiger partial charge < -0.3 is 10.5 Å². The maximum atomic E-state index is 5.55. The second kappa shape index (κ2) is 10.1. The number of nitrogens with zero attached hydrogens (tertiary/aromatic N) is 1. The van der Waals surface area contributed by atoms with Crippen LogP contribution in [-0.4, -0.2) is 44.3 Å². The summed E-state index contributed by atoms with van der Waals surface area (Å²) in [7, 11) is 1.77. The van der Waals surface area contributed by atoms with E-state index in [0.29, 0.717) is 6.04 Å². The van der Waals surface area contributed by atoms with Gasteiger partial charge >= 0.3 is 0 Å². The Morgan fingerprint density at radius 1 is 1.12 bits per heavy atom. The first-order valence-electron chi connectivity index (χ1n) is 6.54. The molecule has 98 valence electrons. The van der Waals surface area contributed by atoms with Crippen molar-refractivity contribution in [3.05, 3.63) is 0 Å². The molecule has 0 bridgehead atoms. The van der Waals surface area contributed by atoms with Crippen LogP contribution < -0.4 is 5.73 Å². The number of rotatable bonds is 10. The van der Waals surface area contributed by atoms with Crippen molar-refractivity contribution in [3.63, 3.8) is 0 Å². The predicted octanol–water partition coefficient (Wildman–Crippen LogP) is 2.11. The van der Waals surface area contributed by atoms with Gasteiger partial charge in [0.2, 0.25) is 0 Å². The molecule has 0 rings (SSSR count). The second-order valence-electron chi connectivity index (χ2n) is 4.95. The van der Waals surface area contributed by atoms with E-state index in [-0.39, 0.29) is 0 Å². The fourth-order valence-electron chi connectivity index (χ4n) is 1.91. The minimum absolute atomic E-state index is 0.611. The minimum atomic E-state index is 0.611. The maximum absolute atomic E-state index is 5.55. The Balaban J connectivity index is 3.67. The second-order valence-corrected chi connectivity index (χ2v) is 4.95. The molecule has 0 aromatic carbocycles. The molecule has 2 N–H and O–H groups in total. The summed E-state index contributed by atoms with van der Waals surface area (Å²) < 4.78 is 5.13. The van der Waals surface area contributed by atoms with E-state index in [0.717, 1.165) is 32.0 Å². The van der Waals surface area contributed by atoms with Crippen molar-refractivity contribution in [3.8, 4) is 0 Å². The van der Waals surface area contributed by atoms with Crippen LogP contribution in [0.5, 0.6) is 0 Å². The number of ether oxygens (including phenoxy) is 1. The topological polar surface area (TPSA) is 38.5 Å². The molecule has 0 radical (unpaired) electrons. The van der Waals surface area contributed by atoms with E-state index < -0.39 is 0 Å². The summed E-state index contributed by atoms with van der Waals surface area (Å²) in [5.41, 5.74) is 5.55. The van der Waals surface area contributed by atoms with Crippen LogP contribution in [0.2, 0.25) is 0 Å². The molecule has 0 aliphatic rings. The molecule has 3 nitrogen and oxygen atoms in total. The first kappa shape index (κ1) is 15.9. The number of hydrogen-bond acceptors (Lipinski definition) is 3. The summed E-state index contributed by atoms with van der Waals surface area (Å²) in [6.07, 6.45) is 3.70. The average Bonchev–Trinajstić information content (AvgIpc) is 2.23. The molecule has 3 heteroatoms. The van der Waals surface area contributed by atoms with E-state index in [1.807, 2.05) is 0 Å². The monoisotopic (exact) mass is 230 g/mol. The van der Waals surface area contributed by atoms with Crippen LogP contribution in [0, 0.1) is 5.92 Å². The smallest absolute Gasteiger partial charge is 0.0589 e. The van der Waals surface area contributed by atoms with E-state index in [1.54, 1.807) is 7.11 Å². The molecule has 0 heterocycles. The molecule has 0 aliphatic carbocycles. The van der Waals surface area contributed by atoms with Crippen LogP contribution in [0.1, 0.15) is 40.0 Å². The lowest BCUT2D eigenvalue weighted by atomic mass is 10.0. The van der Waals surface area contributed by atoms with Gasteiger partial charge in [-0.15, -0.1) is 0 Å². The van der Waals surface area contributed by atoms with Crippen molar-refractivity contribution < 1.29 is 4.74 Å². The number of hydrogen-bond donors (Lipinski definition) is 1. The maximum Gasteiger partial charge on any atom is 0.0589 e. The number of nitrogens with two attached hydrogens (primary N) is 1. The lowest BCUT2D eigenvalue weighted by Crippen LogP contribution is -2.34. The fourth-order valence-corrected chi connectivity index (χ4v) is 1.91. The molecule has 1 unspecified atom stereocenters. The summed E-state index contributed by atoms with van der Waals surface area (Å²) >= 11 is 0. The molecule has 0 aliphatic heterocycles. The SMILES string of the molecule is COCCN(CCCC(C)CCN)C(C)C. The van der Waals surface area contributed by atoms with Gasteiger partial charge in [-0.2, -0.15) is 0 Å². The van der Waals surface area contributed by atoms with E-state index in [4.69, 9.17) is 10.5 Å². The minimum Gasteiger partial charge on any atom is -0.383 e. The Kier molecular flexibility index (Phi) is 9.99. The summed E-state index contributed by atoms with van der Waals surface area (Å²) in [6, 6.07) is 0.611. The van der Waals surface area contributed by atoms with Gasteiger partial charge in [0.15, 0.2) is 0 Å². The van der Waals surface area contributed by atoms with Crippen LogP contribution >= 0.6 is 0 Å². The van der Waals surface area contributed by atoms with Gasteiger partial charge in [-0.05, 0) is 52.1 Å². The molecule has 16 heavy (non-hydrogen) atoms. The summed E-state index contributed by atoms with van der Waals surface area (Å²) in [4.78, 5) is 2.48. The van der Waals surface area contributed by atoms with Crippen LogP contribution in [0.4, 0.5) is 0 Å². The molecule has 0 spiro atoms. The van der Waals surface area contributed by atoms with Gasteiger partial charge in [-0.1, -0.05) is 6.92 Å². The molecule has 0 amide bonds. The molecular formula is C13H30N2O. The van der Waals surface area contributed by atoms with Gasteiger partial charge in [0.25, 0.3) is 0 Å². The molecule has 1 atom stereocenters. The highest BCUT2D eigenvalue weighted by Crippen LogP contribution is 2.10. The Hall–Kier alpha value is -0.120. The highest BCUT2D eigenvalue weighted by atomic mass is 16.5. The molecule has 0 saturated heterocycles. The lowest BCUT2D eigenvalue weighted by Gasteiger charge is -2.26. The average molecular weight is 230 g/mol. The summed E-state index contributed by atoms with van der Waals surface area (Å²) in [6.45, 7) is 10.7. The Morgan fingerprint density at radius 2 is 1.81 bits per heavy atom. The Bertz CT molecular complexity index is 151. The normalized spacial score (nSPS) is 13.7. The quantitative estimate of drug-likeness (QED) is 0.625. The summed E-state index contributed by atoms with van der Waals surface area (Å²) in [5.74, 6) is 0.765. The fraction of sp³-hybridized carbons (Fsp3) is 1.00. The third-order valence-corrected chi connectivity index (χ3v) is 3.11. The summed E-state index contributed by atoms with van der Waals surface area (Å²) in [5, 5.41) is 0. The Morgan fingerprint density at radius 3 is 2.31 bits per heavy atom. The van der Waals surface area contributed by atoms with Gasteiger partial charge in [0, 0.05) is 19.7 Å². The molecule has 0 fully saturated rings. The zero-order valence-electron chi connectivity index (χ0n) is 11.5. The van der Waals surface area contributed by atoms with Crippen molar-refractivity contribution in [2.45, 2.75) is 46.1 Å². The standard InChI is InChI=1S/C13H30N2O/c1-12(2)15(10-11-16-4)9-5-6-13(3)7-8-14/h12-13H,5-11,14H2,1-4H3. The van der Waals surface area contributed by atoms with Crippen molar-refractivity contribution in [2.24, 2.45) is 11.7 Å². The Labute approximate surface area is 101 Å². The molecule has 0 saturated carbocycles. The van der Waals surface area contributed by atoms with E-state index >= 15 is 0 Å². The van der Waals surface area contributed by atoms with Crippen LogP contribution in [-0.2, 0) is 4.74 Å². The first-order chi connectivity index (χ1) is 7.61. The van der Waals surface area contributed by atoms with Gasteiger partial charge in [0.05, 0.1) is 6.61 Å². The van der Waals surface area contributed by atoms with Gasteiger partial charge in [0.1, 0.15) is 0 Å². The van der Waals surface area contributed by atoms with Gasteiger partial charge in [-0.3, -0.25) is 4.90 Å². The molecular weight excluding hydrogens is 200 g/mol. The van der Waals surface area contributed by atoms with E-state index in [2.05, 4.69) is 25.7 Å². The lowest BCUT2D eigenvalue weighted by molar-refractivity contribution is 0.127. The van der Waals surface area contributed by atoms with Crippen molar-refractivity contribution in [2.75, 3.05) is 33.4 Å². The first-order valence-corrected chi connectivity index (χ1v) is 6.54. The van der Waals surface area contributed by atoms with Gasteiger partial charge in [-0.25, -0.2) is 0 Å². The largest absolute Gasteiger partial charge is 0.383 e. The zero-order chi connectivity index (χ0) is 12.4. The predicted molar refractivity (Wildman–Crippen MR) is 70.7 cm³/mol. The van der Waals surface area contributed by atoms with E-state index in [1.165, 1.54) is 19.4 Å². The van der Waals surface area contributed by atoms with Crippen molar-refractivity contribution in [1.29, 1.82) is 0 Å². The molecule has 0 aromatic heterocycles. The van der Waals surface area contributed by atoms with Crippen LogP contribution in [0.3, 0.4) is 0 Å². The zero-order valence-corrected chi connectivity index (χ0v) is 11.5.